The molecule has 2 heterocycles. The molecule has 166 valence electrons. The number of hydrogen-bond acceptors (Lipinski definition) is 5. The highest BCUT2D eigenvalue weighted by molar-refractivity contribution is 7.92. The Labute approximate surface area is 183 Å². The number of sulfonamides is 1. The lowest BCUT2D eigenvalue weighted by Gasteiger charge is -2.37. The van der Waals surface area contributed by atoms with Gasteiger partial charge < -0.3 is 14.9 Å². The Balaban J connectivity index is 1.60. The summed E-state index contributed by atoms with van der Waals surface area (Å²) in [4.78, 5) is 16.4. The van der Waals surface area contributed by atoms with Gasteiger partial charge in [0.15, 0.2) is 0 Å². The number of nitrogens with one attached hydrogen (secondary N) is 1. The molecule has 2 N–H and O–H groups in total. The maximum Gasteiger partial charge on any atom is 0.335 e. The van der Waals surface area contributed by atoms with Gasteiger partial charge in [-0.2, -0.15) is 0 Å². The van der Waals surface area contributed by atoms with Crippen molar-refractivity contribution < 1.29 is 18.3 Å². The third-order valence-corrected chi connectivity index (χ3v) is 7.50. The van der Waals surface area contributed by atoms with E-state index in [-0.39, 0.29) is 10.5 Å². The van der Waals surface area contributed by atoms with Gasteiger partial charge in [0.25, 0.3) is 10.0 Å². The minimum absolute atomic E-state index is 0.0557. The molecule has 31 heavy (non-hydrogen) atoms. The molecule has 0 aromatic heterocycles. The molecule has 0 aliphatic carbocycles. The van der Waals surface area contributed by atoms with Crippen LogP contribution in [0.5, 0.6) is 0 Å². The van der Waals surface area contributed by atoms with E-state index < -0.39 is 16.0 Å². The fourth-order valence-electron chi connectivity index (χ4n) is 4.59. The standard InChI is InChI=1S/C23H29N3O4S/c27-23(28)19-10-11-22(21(15-19)24-31(29,30)20-8-2-1-3-9-20)26-14-6-7-18(17-26)16-25-12-4-5-13-25/h1-3,8-11,15,18,24H,4-7,12-14,16-17H2,(H,27,28)/t18-/m0/s1. The average molecular weight is 444 g/mol. The van der Waals surface area contributed by atoms with Crippen molar-refractivity contribution in [2.45, 2.75) is 30.6 Å². The first-order valence-corrected chi connectivity index (χ1v) is 12.3. The van der Waals surface area contributed by atoms with Crippen molar-refractivity contribution in [1.29, 1.82) is 0 Å². The van der Waals surface area contributed by atoms with Gasteiger partial charge >= 0.3 is 5.97 Å². The van der Waals surface area contributed by atoms with Crippen LogP contribution in [0.2, 0.25) is 0 Å². The minimum Gasteiger partial charge on any atom is -0.478 e. The van der Waals surface area contributed by atoms with Crippen LogP contribution in [0.3, 0.4) is 0 Å². The molecule has 0 saturated carbocycles. The largest absolute Gasteiger partial charge is 0.478 e. The van der Waals surface area contributed by atoms with Crippen LogP contribution in [0.4, 0.5) is 11.4 Å². The number of aromatic carboxylic acids is 1. The number of carboxylic acids is 1. The van der Waals surface area contributed by atoms with E-state index in [4.69, 9.17) is 0 Å². The normalized spacial score (nSPS) is 20.0. The topological polar surface area (TPSA) is 89.9 Å². The zero-order valence-electron chi connectivity index (χ0n) is 17.5. The number of likely N-dealkylation sites (tertiary alicyclic amines) is 1. The minimum atomic E-state index is -3.83. The van der Waals surface area contributed by atoms with Crippen LogP contribution < -0.4 is 9.62 Å². The third-order valence-electron chi connectivity index (χ3n) is 6.12. The summed E-state index contributed by atoms with van der Waals surface area (Å²) >= 11 is 0. The molecule has 0 radical (unpaired) electrons. The second-order valence-electron chi connectivity index (χ2n) is 8.42. The van der Waals surface area contributed by atoms with Crippen molar-refractivity contribution in [3.63, 3.8) is 0 Å². The predicted octanol–water partition coefficient (Wildman–Crippen LogP) is 3.50. The van der Waals surface area contributed by atoms with Crippen LogP contribution in [0.15, 0.2) is 53.4 Å². The molecule has 0 bridgehead atoms. The van der Waals surface area contributed by atoms with E-state index >= 15 is 0 Å². The van der Waals surface area contributed by atoms with Gasteiger partial charge in [-0.1, -0.05) is 18.2 Å². The molecule has 8 heteroatoms. The van der Waals surface area contributed by atoms with Gasteiger partial charge in [-0.3, -0.25) is 4.72 Å². The number of rotatable bonds is 7. The number of hydrogen-bond donors (Lipinski definition) is 2. The second kappa shape index (κ2) is 9.28. The Morgan fingerprint density at radius 1 is 1.03 bits per heavy atom. The third kappa shape index (κ3) is 5.19. The van der Waals surface area contributed by atoms with E-state index in [0.29, 0.717) is 11.6 Å². The molecule has 2 aromatic rings. The molecular weight excluding hydrogens is 414 g/mol. The van der Waals surface area contributed by atoms with Crippen molar-refractivity contribution in [3.8, 4) is 0 Å². The van der Waals surface area contributed by atoms with E-state index in [9.17, 15) is 18.3 Å². The molecule has 1 atom stereocenters. The highest BCUT2D eigenvalue weighted by atomic mass is 32.2. The monoisotopic (exact) mass is 443 g/mol. The number of piperidine rings is 1. The number of nitrogens with zero attached hydrogens (tertiary/aromatic N) is 2. The van der Waals surface area contributed by atoms with E-state index in [2.05, 4.69) is 14.5 Å². The maximum atomic E-state index is 12.9. The lowest BCUT2D eigenvalue weighted by molar-refractivity contribution is 0.0697. The zero-order valence-corrected chi connectivity index (χ0v) is 18.4. The van der Waals surface area contributed by atoms with Crippen LogP contribution in [0.1, 0.15) is 36.0 Å². The Kier molecular flexibility index (Phi) is 6.48. The average Bonchev–Trinajstić information content (AvgIpc) is 3.27. The van der Waals surface area contributed by atoms with Gasteiger partial charge in [0.2, 0.25) is 0 Å². The van der Waals surface area contributed by atoms with Crippen LogP contribution >= 0.6 is 0 Å². The molecule has 2 saturated heterocycles. The highest BCUT2D eigenvalue weighted by Crippen LogP contribution is 2.33. The van der Waals surface area contributed by atoms with Crippen LogP contribution in [0, 0.1) is 5.92 Å². The molecule has 4 rings (SSSR count). The lowest BCUT2D eigenvalue weighted by Crippen LogP contribution is -2.40. The molecule has 7 nitrogen and oxygen atoms in total. The van der Waals surface area contributed by atoms with Gasteiger partial charge in [0.05, 0.1) is 21.8 Å². The molecule has 2 aliphatic rings. The van der Waals surface area contributed by atoms with Crippen molar-refractivity contribution in [1.82, 2.24) is 4.90 Å². The van der Waals surface area contributed by atoms with Gasteiger partial charge in [0, 0.05) is 19.6 Å². The summed E-state index contributed by atoms with van der Waals surface area (Å²) in [5, 5.41) is 9.43. The van der Waals surface area contributed by atoms with E-state index in [1.165, 1.54) is 31.0 Å². The van der Waals surface area contributed by atoms with E-state index in [1.807, 2.05) is 0 Å². The van der Waals surface area contributed by atoms with Gasteiger partial charge in [-0.15, -0.1) is 0 Å². The van der Waals surface area contributed by atoms with E-state index in [0.717, 1.165) is 51.3 Å². The first kappa shape index (κ1) is 21.6. The summed E-state index contributed by atoms with van der Waals surface area (Å²) in [5.74, 6) is -0.568. The summed E-state index contributed by atoms with van der Waals surface area (Å²) in [6, 6.07) is 12.8. The molecule has 2 aliphatic heterocycles. The number of benzene rings is 2. The van der Waals surface area contributed by atoms with Crippen molar-refractivity contribution in [2.75, 3.05) is 42.3 Å². The van der Waals surface area contributed by atoms with Crippen LogP contribution in [0.25, 0.3) is 0 Å². The summed E-state index contributed by atoms with van der Waals surface area (Å²) in [5.41, 5.74) is 1.10. The summed E-state index contributed by atoms with van der Waals surface area (Å²) in [7, 11) is -3.83. The highest BCUT2D eigenvalue weighted by Gasteiger charge is 2.26. The first-order chi connectivity index (χ1) is 14.9. The smallest absolute Gasteiger partial charge is 0.335 e. The Bertz CT molecular complexity index is 1020. The Morgan fingerprint density at radius 2 is 1.77 bits per heavy atom. The second-order valence-corrected chi connectivity index (χ2v) is 10.1. The summed E-state index contributed by atoms with van der Waals surface area (Å²) < 4.78 is 28.5. The zero-order chi connectivity index (χ0) is 21.8. The lowest BCUT2D eigenvalue weighted by atomic mass is 9.96. The molecular formula is C23H29N3O4S. The molecule has 0 unspecified atom stereocenters. The van der Waals surface area contributed by atoms with E-state index in [1.54, 1.807) is 30.3 Å². The molecule has 0 amide bonds. The molecule has 2 fully saturated rings. The fourth-order valence-corrected chi connectivity index (χ4v) is 5.68. The van der Waals surface area contributed by atoms with Crippen molar-refractivity contribution >= 4 is 27.4 Å². The SMILES string of the molecule is O=C(O)c1ccc(N2CCC[C@@H](CN3CCCC3)C2)c(NS(=O)(=O)c2ccccc2)c1. The Morgan fingerprint density at radius 3 is 2.48 bits per heavy atom. The number of carboxylic acid groups (broad SMARTS) is 1. The van der Waals surface area contributed by atoms with Crippen LogP contribution in [-0.2, 0) is 10.0 Å². The predicted molar refractivity (Wildman–Crippen MR) is 121 cm³/mol. The fraction of sp³-hybridized carbons (Fsp3) is 0.435. The number of carbonyl (C=O) groups is 1. The van der Waals surface area contributed by atoms with Gasteiger partial charge in [0.1, 0.15) is 0 Å². The number of anilines is 2. The summed E-state index contributed by atoms with van der Waals surface area (Å²) in [6.45, 7) is 5.04. The van der Waals surface area contributed by atoms with Crippen molar-refractivity contribution in [3.05, 3.63) is 54.1 Å². The van der Waals surface area contributed by atoms with Gasteiger partial charge in [-0.05, 0) is 75.0 Å². The molecule has 0 spiro atoms. The molecule has 2 aromatic carbocycles. The first-order valence-electron chi connectivity index (χ1n) is 10.8. The Hall–Kier alpha value is -2.58. The summed E-state index contributed by atoms with van der Waals surface area (Å²) in [6.07, 6.45) is 4.71. The van der Waals surface area contributed by atoms with Crippen LogP contribution in [-0.4, -0.2) is 57.1 Å². The maximum absolute atomic E-state index is 12.9. The van der Waals surface area contributed by atoms with Gasteiger partial charge in [-0.25, -0.2) is 13.2 Å². The van der Waals surface area contributed by atoms with Crippen molar-refractivity contribution in [2.24, 2.45) is 5.92 Å². The quantitative estimate of drug-likeness (QED) is 0.681.